The van der Waals surface area contributed by atoms with Crippen LogP contribution in [0.15, 0.2) is 30.3 Å². The van der Waals surface area contributed by atoms with Crippen LogP contribution in [0.1, 0.15) is 46.1 Å². The predicted molar refractivity (Wildman–Crippen MR) is 107 cm³/mol. The largest absolute Gasteiger partial charge is 0.378 e. The average Bonchev–Trinajstić information content (AvgIpc) is 3.07. The number of carbonyl (C=O) groups is 2. The van der Waals surface area contributed by atoms with Gasteiger partial charge in [0.1, 0.15) is 0 Å². The van der Waals surface area contributed by atoms with Crippen molar-refractivity contribution < 1.29 is 14.3 Å². The molecule has 1 fully saturated rings. The summed E-state index contributed by atoms with van der Waals surface area (Å²) in [7, 11) is 1.63. The molecule has 2 amide bonds. The molecule has 0 spiro atoms. The number of likely N-dealkylation sites (tertiary alicyclic amines) is 1. The third-order valence-electron chi connectivity index (χ3n) is 5.75. The molecule has 0 aliphatic carbocycles. The molecular weight excluding hydrogens is 340 g/mol. The summed E-state index contributed by atoms with van der Waals surface area (Å²) in [5, 5.41) is 3.11. The predicted octanol–water partition coefficient (Wildman–Crippen LogP) is 3.03. The standard InChI is InChI=1S/C22H34N2O3/c1-15(2)19-11-12-20(24(19)14-25)21(27-5)17(4)22(26)23-16(3)13-18-9-7-6-8-10-18/h6-10,14-17,19-21H,11-13H2,1-5H3,(H,23,26). The molecule has 5 nitrogen and oxygen atoms in total. The molecule has 150 valence electrons. The molecule has 1 aliphatic rings. The number of ether oxygens (including phenoxy) is 1. The normalized spacial score (nSPS) is 23.1. The van der Waals surface area contributed by atoms with Gasteiger partial charge in [-0.2, -0.15) is 0 Å². The lowest BCUT2D eigenvalue weighted by Gasteiger charge is -2.35. The number of amides is 2. The van der Waals surface area contributed by atoms with Gasteiger partial charge in [-0.25, -0.2) is 0 Å². The molecule has 27 heavy (non-hydrogen) atoms. The Morgan fingerprint density at radius 1 is 1.19 bits per heavy atom. The SMILES string of the molecule is COC(C(C)C(=O)NC(C)Cc1ccccc1)C1CCC(C(C)C)N1C=O. The van der Waals surface area contributed by atoms with Crippen molar-refractivity contribution in [3.63, 3.8) is 0 Å². The minimum absolute atomic E-state index is 0.0240. The molecule has 0 bridgehead atoms. The minimum atomic E-state index is -0.327. The number of nitrogens with one attached hydrogen (secondary N) is 1. The Morgan fingerprint density at radius 2 is 1.81 bits per heavy atom. The van der Waals surface area contributed by atoms with Gasteiger partial charge in [0, 0.05) is 19.2 Å². The van der Waals surface area contributed by atoms with Crippen molar-refractivity contribution in [2.24, 2.45) is 11.8 Å². The molecule has 1 heterocycles. The van der Waals surface area contributed by atoms with Gasteiger partial charge in [0.05, 0.1) is 18.1 Å². The second-order valence-corrected chi connectivity index (χ2v) is 8.10. The molecule has 5 unspecified atom stereocenters. The number of nitrogens with zero attached hydrogens (tertiary/aromatic N) is 1. The van der Waals surface area contributed by atoms with Crippen molar-refractivity contribution in [3.8, 4) is 0 Å². The molecule has 1 N–H and O–H groups in total. The fourth-order valence-corrected chi connectivity index (χ4v) is 4.29. The Morgan fingerprint density at radius 3 is 2.37 bits per heavy atom. The van der Waals surface area contributed by atoms with Crippen LogP contribution in [0.25, 0.3) is 0 Å². The lowest BCUT2D eigenvalue weighted by Crippen LogP contribution is -2.51. The van der Waals surface area contributed by atoms with Gasteiger partial charge in [0.15, 0.2) is 0 Å². The number of methoxy groups -OCH3 is 1. The van der Waals surface area contributed by atoms with Crippen molar-refractivity contribution >= 4 is 12.3 Å². The zero-order valence-corrected chi connectivity index (χ0v) is 17.2. The number of carbonyl (C=O) groups excluding carboxylic acids is 2. The van der Waals surface area contributed by atoms with E-state index in [0.29, 0.717) is 5.92 Å². The van der Waals surface area contributed by atoms with Crippen LogP contribution in [0.3, 0.4) is 0 Å². The summed E-state index contributed by atoms with van der Waals surface area (Å²) in [5.74, 6) is 0.0449. The maximum atomic E-state index is 12.8. The van der Waals surface area contributed by atoms with Crippen LogP contribution >= 0.6 is 0 Å². The zero-order chi connectivity index (χ0) is 20.0. The quantitative estimate of drug-likeness (QED) is 0.676. The number of rotatable bonds is 9. The van der Waals surface area contributed by atoms with Crippen LogP contribution in [0.2, 0.25) is 0 Å². The average molecular weight is 375 g/mol. The molecule has 1 aromatic rings. The third kappa shape index (κ3) is 5.32. The fourth-order valence-electron chi connectivity index (χ4n) is 4.29. The van der Waals surface area contributed by atoms with Gasteiger partial charge in [-0.15, -0.1) is 0 Å². The second-order valence-electron chi connectivity index (χ2n) is 8.10. The lowest BCUT2D eigenvalue weighted by atomic mass is 9.94. The first-order valence-corrected chi connectivity index (χ1v) is 9.98. The van der Waals surface area contributed by atoms with Crippen molar-refractivity contribution in [2.75, 3.05) is 7.11 Å². The van der Waals surface area contributed by atoms with Crippen molar-refractivity contribution in [3.05, 3.63) is 35.9 Å². The van der Waals surface area contributed by atoms with E-state index in [4.69, 9.17) is 4.74 Å². The van der Waals surface area contributed by atoms with Crippen molar-refractivity contribution in [1.29, 1.82) is 0 Å². The van der Waals surface area contributed by atoms with Crippen molar-refractivity contribution in [2.45, 2.75) is 71.2 Å². The van der Waals surface area contributed by atoms with Crippen LogP contribution in [0, 0.1) is 11.8 Å². The molecule has 1 saturated heterocycles. The first-order valence-electron chi connectivity index (χ1n) is 9.98. The van der Waals surface area contributed by atoms with E-state index in [1.54, 1.807) is 7.11 Å². The lowest BCUT2D eigenvalue weighted by molar-refractivity contribution is -0.135. The van der Waals surface area contributed by atoms with E-state index in [9.17, 15) is 9.59 Å². The van der Waals surface area contributed by atoms with E-state index in [2.05, 4.69) is 31.3 Å². The summed E-state index contributed by atoms with van der Waals surface area (Å²) >= 11 is 0. The highest BCUT2D eigenvalue weighted by Gasteiger charge is 2.42. The van der Waals surface area contributed by atoms with Gasteiger partial charge in [0.25, 0.3) is 0 Å². The molecule has 1 aliphatic heterocycles. The molecule has 0 radical (unpaired) electrons. The summed E-state index contributed by atoms with van der Waals surface area (Å²) in [6.45, 7) is 8.17. The first kappa shape index (κ1) is 21.4. The summed E-state index contributed by atoms with van der Waals surface area (Å²) in [5.41, 5.74) is 1.20. The monoisotopic (exact) mass is 374 g/mol. The number of hydrogen-bond acceptors (Lipinski definition) is 3. The Hall–Kier alpha value is -1.88. The maximum absolute atomic E-state index is 12.8. The Kier molecular flexibility index (Phi) is 7.84. The number of hydrogen-bond donors (Lipinski definition) is 1. The Balaban J connectivity index is 1.99. The van der Waals surface area contributed by atoms with Gasteiger partial charge in [-0.1, -0.05) is 51.1 Å². The smallest absolute Gasteiger partial charge is 0.225 e. The molecule has 0 saturated carbocycles. The van der Waals surface area contributed by atoms with E-state index in [0.717, 1.165) is 25.7 Å². The third-order valence-corrected chi connectivity index (χ3v) is 5.75. The van der Waals surface area contributed by atoms with E-state index < -0.39 is 0 Å². The van der Waals surface area contributed by atoms with Crippen molar-refractivity contribution in [1.82, 2.24) is 10.2 Å². The van der Waals surface area contributed by atoms with E-state index in [1.807, 2.05) is 36.9 Å². The van der Waals surface area contributed by atoms with E-state index in [-0.39, 0.29) is 36.1 Å². The first-order chi connectivity index (χ1) is 12.9. The van der Waals surface area contributed by atoms with Gasteiger partial charge in [0.2, 0.25) is 12.3 Å². The topological polar surface area (TPSA) is 58.6 Å². The van der Waals surface area contributed by atoms with Crippen LogP contribution in [0.4, 0.5) is 0 Å². The van der Waals surface area contributed by atoms with E-state index >= 15 is 0 Å². The summed E-state index contributed by atoms with van der Waals surface area (Å²) in [6, 6.07) is 10.3. The fraction of sp³-hybridized carbons (Fsp3) is 0.636. The highest BCUT2D eigenvalue weighted by atomic mass is 16.5. The summed E-state index contributed by atoms with van der Waals surface area (Å²) < 4.78 is 5.72. The summed E-state index contributed by atoms with van der Waals surface area (Å²) in [4.78, 5) is 26.4. The molecule has 0 aromatic heterocycles. The summed E-state index contributed by atoms with van der Waals surface area (Å²) in [6.07, 6.45) is 3.24. The molecule has 5 heteroatoms. The molecule has 2 rings (SSSR count). The number of benzene rings is 1. The molecule has 1 aromatic carbocycles. The highest BCUT2D eigenvalue weighted by molar-refractivity contribution is 5.79. The Labute approximate surface area is 163 Å². The molecule has 5 atom stereocenters. The van der Waals surface area contributed by atoms with Gasteiger partial charge < -0.3 is 15.0 Å². The maximum Gasteiger partial charge on any atom is 0.225 e. The van der Waals surface area contributed by atoms with Gasteiger partial charge >= 0.3 is 0 Å². The highest BCUT2D eigenvalue weighted by Crippen LogP contribution is 2.32. The van der Waals surface area contributed by atoms with Crippen LogP contribution in [-0.2, 0) is 20.7 Å². The Bertz CT molecular complexity index is 605. The second kappa shape index (κ2) is 9.88. The van der Waals surface area contributed by atoms with Gasteiger partial charge in [-0.05, 0) is 37.7 Å². The van der Waals surface area contributed by atoms with Crippen LogP contribution in [0.5, 0.6) is 0 Å². The van der Waals surface area contributed by atoms with Crippen LogP contribution in [-0.4, -0.2) is 48.6 Å². The minimum Gasteiger partial charge on any atom is -0.378 e. The van der Waals surface area contributed by atoms with Crippen LogP contribution < -0.4 is 5.32 Å². The molecular formula is C22H34N2O3. The zero-order valence-electron chi connectivity index (χ0n) is 17.2. The van der Waals surface area contributed by atoms with Gasteiger partial charge in [-0.3, -0.25) is 9.59 Å². The van der Waals surface area contributed by atoms with E-state index in [1.165, 1.54) is 5.56 Å².